The van der Waals surface area contributed by atoms with Crippen molar-refractivity contribution in [2.45, 2.75) is 26.3 Å². The average molecular weight is 575 g/mol. The van der Waals surface area contributed by atoms with E-state index in [-0.39, 0.29) is 5.91 Å². The highest BCUT2D eigenvalue weighted by molar-refractivity contribution is 6.36. The van der Waals surface area contributed by atoms with Crippen molar-refractivity contribution < 1.29 is 4.79 Å². The first kappa shape index (κ1) is 27.6. The molecule has 42 heavy (non-hydrogen) atoms. The highest BCUT2D eigenvalue weighted by atomic mass is 35.5. The van der Waals surface area contributed by atoms with Gasteiger partial charge in [-0.1, -0.05) is 54.6 Å². The van der Waals surface area contributed by atoms with Crippen LogP contribution in [0.4, 0.5) is 17.2 Å². The van der Waals surface area contributed by atoms with Crippen LogP contribution in [0, 0.1) is 6.92 Å². The second-order valence-corrected chi connectivity index (χ2v) is 10.8. The number of pyridine rings is 3. The predicted molar refractivity (Wildman–Crippen MR) is 171 cm³/mol. The number of hydrogen-bond acceptors (Lipinski definition) is 6. The zero-order valence-corrected chi connectivity index (χ0v) is 24.2. The molecule has 3 aromatic heterocycles. The summed E-state index contributed by atoms with van der Waals surface area (Å²) in [6, 6.07) is 19.3. The van der Waals surface area contributed by atoms with Gasteiger partial charge in [0.1, 0.15) is 11.2 Å². The summed E-state index contributed by atoms with van der Waals surface area (Å²) in [7, 11) is 0. The van der Waals surface area contributed by atoms with Crippen molar-refractivity contribution in [2.75, 3.05) is 23.7 Å². The molecule has 0 radical (unpaired) electrons. The molecule has 1 fully saturated rings. The lowest BCUT2D eigenvalue weighted by Gasteiger charge is -2.16. The van der Waals surface area contributed by atoms with Gasteiger partial charge in [-0.25, -0.2) is 4.98 Å². The number of likely N-dealkylation sites (tertiary alicyclic amines) is 1. The van der Waals surface area contributed by atoms with Crippen LogP contribution in [0.5, 0.6) is 0 Å². The number of nitrogens with zero attached hydrogens (tertiary/aromatic N) is 4. The van der Waals surface area contributed by atoms with Crippen molar-refractivity contribution in [3.63, 3.8) is 0 Å². The summed E-state index contributed by atoms with van der Waals surface area (Å²) in [6.45, 7) is 8.95. The summed E-state index contributed by atoms with van der Waals surface area (Å²) in [5.41, 5.74) is 7.31. The van der Waals surface area contributed by atoms with Crippen molar-refractivity contribution in [2.24, 2.45) is 0 Å². The van der Waals surface area contributed by atoms with Gasteiger partial charge in [-0.2, -0.15) is 0 Å². The minimum Gasteiger partial charge on any atom is -0.338 e. The Balaban J connectivity index is 1.23. The number of hydrogen-bond donors (Lipinski definition) is 2. The molecule has 5 aromatic rings. The number of fused-ring (bicyclic) bond motifs is 1. The zero-order chi connectivity index (χ0) is 29.1. The Morgan fingerprint density at radius 2 is 1.76 bits per heavy atom. The molecule has 1 saturated heterocycles. The topological polar surface area (TPSA) is 83.0 Å². The van der Waals surface area contributed by atoms with E-state index >= 15 is 0 Å². The molecule has 7 nitrogen and oxygen atoms in total. The van der Waals surface area contributed by atoms with Gasteiger partial charge in [-0.05, 0) is 85.4 Å². The number of amides is 1. The first-order valence-corrected chi connectivity index (χ1v) is 14.4. The molecular weight excluding hydrogens is 544 g/mol. The van der Waals surface area contributed by atoms with Crippen molar-refractivity contribution in [1.29, 1.82) is 0 Å². The van der Waals surface area contributed by atoms with Crippen LogP contribution in [-0.4, -0.2) is 38.8 Å². The number of nitrogens with one attached hydrogen (secondary N) is 2. The first-order chi connectivity index (χ1) is 20.5. The van der Waals surface area contributed by atoms with Crippen LogP contribution in [0.2, 0.25) is 5.02 Å². The van der Waals surface area contributed by atoms with Crippen molar-refractivity contribution >= 4 is 51.7 Å². The summed E-state index contributed by atoms with van der Waals surface area (Å²) in [4.78, 5) is 29.0. The van der Waals surface area contributed by atoms with E-state index in [1.807, 2.05) is 55.5 Å². The molecule has 2 N–H and O–H groups in total. The standard InChI is InChI=1S/C34H31ClN6O/c1-3-23-18-25-14-15-36-33(32(25)38-19-23)39-28-10-6-8-26(22(28)2)27-9-7-11-29(31(27)35)40-34(42)30-13-12-24(20-37-30)21-41-16-4-5-17-41/h3,6-15,18-20H,1,4-5,16-17,21H2,2H3,(H,36,39)(H,40,42). The van der Waals surface area contributed by atoms with Gasteiger partial charge in [-0.3, -0.25) is 19.7 Å². The maximum atomic E-state index is 13.1. The molecule has 0 saturated carbocycles. The molecule has 0 atom stereocenters. The fraction of sp³-hybridized carbons (Fsp3) is 0.176. The minimum absolute atomic E-state index is 0.303. The van der Waals surface area contributed by atoms with E-state index in [9.17, 15) is 4.79 Å². The summed E-state index contributed by atoms with van der Waals surface area (Å²) in [6.07, 6.45) is 9.58. The molecule has 0 spiro atoms. The van der Waals surface area contributed by atoms with Gasteiger partial charge in [0.25, 0.3) is 5.91 Å². The Morgan fingerprint density at radius 3 is 2.52 bits per heavy atom. The Labute approximate surface area is 250 Å². The highest BCUT2D eigenvalue weighted by Crippen LogP contribution is 2.38. The monoisotopic (exact) mass is 574 g/mol. The summed E-state index contributed by atoms with van der Waals surface area (Å²) < 4.78 is 0. The molecule has 6 rings (SSSR count). The number of carbonyl (C=O) groups excluding carboxylic acids is 1. The summed E-state index contributed by atoms with van der Waals surface area (Å²) in [5.74, 6) is 0.359. The van der Waals surface area contributed by atoms with E-state index in [1.54, 1.807) is 36.8 Å². The van der Waals surface area contributed by atoms with Crippen LogP contribution in [0.25, 0.3) is 28.1 Å². The highest BCUT2D eigenvalue weighted by Gasteiger charge is 2.17. The van der Waals surface area contributed by atoms with Crippen LogP contribution in [0.3, 0.4) is 0 Å². The molecule has 1 amide bonds. The largest absolute Gasteiger partial charge is 0.338 e. The van der Waals surface area contributed by atoms with Crippen molar-refractivity contribution in [3.8, 4) is 11.1 Å². The van der Waals surface area contributed by atoms with E-state index in [0.717, 1.165) is 64.0 Å². The van der Waals surface area contributed by atoms with Crippen LogP contribution in [-0.2, 0) is 6.54 Å². The second-order valence-electron chi connectivity index (χ2n) is 10.5. The lowest BCUT2D eigenvalue weighted by molar-refractivity contribution is 0.102. The SMILES string of the molecule is C=Cc1cnc2c(Nc3cccc(-c4cccc(NC(=O)c5ccc(CN6CCCC6)cn5)c4Cl)c3C)nccc2c1. The minimum atomic E-state index is -0.303. The van der Waals surface area contributed by atoms with Gasteiger partial charge in [0, 0.05) is 41.8 Å². The number of carbonyl (C=O) groups is 1. The van der Waals surface area contributed by atoms with Crippen LogP contribution in [0.15, 0.2) is 85.8 Å². The second kappa shape index (κ2) is 12.1. The number of anilines is 3. The van der Waals surface area contributed by atoms with Gasteiger partial charge in [0.2, 0.25) is 0 Å². The lowest BCUT2D eigenvalue weighted by atomic mass is 9.98. The maximum Gasteiger partial charge on any atom is 0.274 e. The third-order valence-corrected chi connectivity index (χ3v) is 8.05. The van der Waals surface area contributed by atoms with E-state index in [1.165, 1.54) is 12.8 Å². The molecule has 2 aromatic carbocycles. The van der Waals surface area contributed by atoms with Gasteiger partial charge in [-0.15, -0.1) is 0 Å². The summed E-state index contributed by atoms with van der Waals surface area (Å²) >= 11 is 6.89. The fourth-order valence-corrected chi connectivity index (χ4v) is 5.62. The molecule has 210 valence electrons. The Bertz CT molecular complexity index is 1780. The van der Waals surface area contributed by atoms with Crippen molar-refractivity contribution in [3.05, 3.63) is 113 Å². The molecule has 4 heterocycles. The quantitative estimate of drug-likeness (QED) is 0.196. The normalized spacial score (nSPS) is 13.3. The molecular formula is C34H31ClN6O. The smallest absolute Gasteiger partial charge is 0.274 e. The molecule has 1 aliphatic rings. The fourth-order valence-electron chi connectivity index (χ4n) is 5.34. The van der Waals surface area contributed by atoms with Crippen molar-refractivity contribution in [1.82, 2.24) is 19.9 Å². The van der Waals surface area contributed by atoms with Gasteiger partial charge >= 0.3 is 0 Å². The molecule has 1 aliphatic heterocycles. The van der Waals surface area contributed by atoms with Gasteiger partial charge < -0.3 is 10.6 Å². The lowest BCUT2D eigenvalue weighted by Crippen LogP contribution is -2.19. The Kier molecular flexibility index (Phi) is 7.95. The molecule has 8 heteroatoms. The number of aromatic nitrogens is 3. The maximum absolute atomic E-state index is 13.1. The first-order valence-electron chi connectivity index (χ1n) is 14.0. The van der Waals surface area contributed by atoms with Crippen LogP contribution < -0.4 is 10.6 Å². The predicted octanol–water partition coefficient (Wildman–Crippen LogP) is 7.89. The van der Waals surface area contributed by atoms with E-state index in [4.69, 9.17) is 11.6 Å². The summed E-state index contributed by atoms with van der Waals surface area (Å²) in [5, 5.41) is 7.83. The molecule has 0 unspecified atom stereocenters. The Hall–Kier alpha value is -4.59. The Morgan fingerprint density at radius 1 is 0.976 bits per heavy atom. The third-order valence-electron chi connectivity index (χ3n) is 7.64. The van der Waals surface area contributed by atoms with Crippen LogP contribution >= 0.6 is 11.6 Å². The third kappa shape index (κ3) is 5.75. The number of benzene rings is 2. The van der Waals surface area contributed by atoms with Gasteiger partial charge in [0.15, 0.2) is 5.82 Å². The molecule has 0 bridgehead atoms. The molecule has 0 aliphatic carbocycles. The van der Waals surface area contributed by atoms with Gasteiger partial charge in [0.05, 0.1) is 10.7 Å². The average Bonchev–Trinajstić information content (AvgIpc) is 3.53. The number of rotatable bonds is 8. The number of halogens is 1. The van der Waals surface area contributed by atoms with E-state index in [0.29, 0.717) is 22.2 Å². The van der Waals surface area contributed by atoms with Crippen LogP contribution in [0.1, 0.15) is 40.0 Å². The van der Waals surface area contributed by atoms with E-state index in [2.05, 4.69) is 37.1 Å². The zero-order valence-electron chi connectivity index (χ0n) is 23.4. The van der Waals surface area contributed by atoms with E-state index < -0.39 is 0 Å².